The molecule has 2 aromatic rings. The van der Waals surface area contributed by atoms with Crippen molar-refractivity contribution in [1.82, 2.24) is 4.31 Å². The maximum atomic E-state index is 13.2. The van der Waals surface area contributed by atoms with Crippen LogP contribution in [-0.2, 0) is 10.0 Å². The highest BCUT2D eigenvalue weighted by atomic mass is 35.5. The van der Waals surface area contributed by atoms with E-state index in [9.17, 15) is 28.6 Å². The molecular formula is C16H14ClN3O6S2. The molecule has 0 aromatic heterocycles. The Morgan fingerprint density at radius 3 is 2.29 bits per heavy atom. The minimum absolute atomic E-state index is 0.166. The van der Waals surface area contributed by atoms with Gasteiger partial charge >= 0.3 is 0 Å². The summed E-state index contributed by atoms with van der Waals surface area (Å²) < 4.78 is 27.6. The van der Waals surface area contributed by atoms with Gasteiger partial charge in [0.1, 0.15) is 5.56 Å². The largest absolute Gasteiger partial charge is 0.280 e. The lowest BCUT2D eigenvalue weighted by molar-refractivity contribution is -0.395. The number of hydrogen-bond acceptors (Lipinski definition) is 7. The molecule has 1 unspecified atom stereocenters. The first-order chi connectivity index (χ1) is 13.1. The van der Waals surface area contributed by atoms with Gasteiger partial charge in [0, 0.05) is 29.5 Å². The van der Waals surface area contributed by atoms with Crippen LogP contribution in [0.2, 0.25) is 5.02 Å². The molecule has 0 saturated carbocycles. The van der Waals surface area contributed by atoms with Gasteiger partial charge in [0.25, 0.3) is 11.4 Å². The standard InChI is InChI=1S/C16H14ClN3O6S2/c1-10-14(19(21)22)8-13(9-15(10)20(23)24)28(25,26)18-5-6-27-16(18)11-3-2-4-12(17)7-11/h2-4,7-9,16H,5-6H2,1H3. The lowest BCUT2D eigenvalue weighted by Crippen LogP contribution is -2.30. The molecule has 1 aliphatic rings. The predicted molar refractivity (Wildman–Crippen MR) is 105 cm³/mol. The van der Waals surface area contributed by atoms with E-state index in [1.54, 1.807) is 24.3 Å². The predicted octanol–water partition coefficient (Wildman–Crippen LogP) is 3.90. The first-order valence-corrected chi connectivity index (χ1v) is 10.8. The van der Waals surface area contributed by atoms with Gasteiger partial charge in [-0.3, -0.25) is 20.2 Å². The lowest BCUT2D eigenvalue weighted by Gasteiger charge is -2.23. The summed E-state index contributed by atoms with van der Waals surface area (Å²) in [5.41, 5.74) is -0.760. The average molecular weight is 444 g/mol. The van der Waals surface area contributed by atoms with Crippen molar-refractivity contribution in [3.63, 3.8) is 0 Å². The number of benzene rings is 2. The SMILES string of the molecule is Cc1c([N+](=O)[O-])cc(S(=O)(=O)N2CCSC2c2cccc(Cl)c2)cc1[N+](=O)[O-]. The molecule has 0 aliphatic carbocycles. The summed E-state index contributed by atoms with van der Waals surface area (Å²) in [6, 6.07) is 8.48. The Morgan fingerprint density at radius 2 is 1.75 bits per heavy atom. The van der Waals surface area contributed by atoms with Crippen LogP contribution in [0.15, 0.2) is 41.3 Å². The first kappa shape index (κ1) is 20.5. The Morgan fingerprint density at radius 1 is 1.14 bits per heavy atom. The van der Waals surface area contributed by atoms with E-state index in [4.69, 9.17) is 11.6 Å². The van der Waals surface area contributed by atoms with Crippen LogP contribution in [0.25, 0.3) is 0 Å². The molecule has 0 spiro atoms. The highest BCUT2D eigenvalue weighted by molar-refractivity contribution is 8.01. The summed E-state index contributed by atoms with van der Waals surface area (Å²) in [4.78, 5) is 20.4. The number of nitro benzene ring substituents is 2. The van der Waals surface area contributed by atoms with Crippen molar-refractivity contribution in [2.75, 3.05) is 12.3 Å². The normalized spacial score (nSPS) is 17.6. The van der Waals surface area contributed by atoms with Crippen LogP contribution < -0.4 is 0 Å². The summed E-state index contributed by atoms with van der Waals surface area (Å²) >= 11 is 7.38. The molecule has 1 saturated heterocycles. The minimum Gasteiger partial charge on any atom is -0.258 e. The monoisotopic (exact) mass is 443 g/mol. The molecule has 1 aliphatic heterocycles. The Balaban J connectivity index is 2.12. The van der Waals surface area contributed by atoms with Crippen LogP contribution in [0, 0.1) is 27.2 Å². The molecular weight excluding hydrogens is 430 g/mol. The highest BCUT2D eigenvalue weighted by Crippen LogP contribution is 2.43. The zero-order chi connectivity index (χ0) is 20.6. The maximum absolute atomic E-state index is 13.2. The topological polar surface area (TPSA) is 124 Å². The highest BCUT2D eigenvalue weighted by Gasteiger charge is 2.39. The van der Waals surface area contributed by atoms with Crippen LogP contribution >= 0.6 is 23.4 Å². The van der Waals surface area contributed by atoms with Crippen molar-refractivity contribution < 1.29 is 18.3 Å². The summed E-state index contributed by atoms with van der Waals surface area (Å²) in [5, 5.41) is 22.4. The number of halogens is 1. The van der Waals surface area contributed by atoms with Gasteiger partial charge in [-0.05, 0) is 24.6 Å². The molecule has 148 valence electrons. The van der Waals surface area contributed by atoms with Crippen LogP contribution in [0.5, 0.6) is 0 Å². The molecule has 28 heavy (non-hydrogen) atoms. The minimum atomic E-state index is -4.22. The molecule has 0 radical (unpaired) electrons. The van der Waals surface area contributed by atoms with Crippen LogP contribution in [0.4, 0.5) is 11.4 Å². The summed E-state index contributed by atoms with van der Waals surface area (Å²) in [7, 11) is -4.22. The van der Waals surface area contributed by atoms with Crippen LogP contribution in [-0.4, -0.2) is 34.9 Å². The van der Waals surface area contributed by atoms with Gasteiger partial charge in [-0.15, -0.1) is 11.8 Å². The number of nitrogens with zero attached hydrogens (tertiary/aromatic N) is 3. The molecule has 2 aromatic carbocycles. The smallest absolute Gasteiger partial charge is 0.258 e. The lowest BCUT2D eigenvalue weighted by atomic mass is 10.1. The van der Waals surface area contributed by atoms with Gasteiger partial charge in [0.15, 0.2) is 0 Å². The van der Waals surface area contributed by atoms with Crippen molar-refractivity contribution in [3.05, 3.63) is 72.8 Å². The Kier molecular flexibility index (Phi) is 5.62. The summed E-state index contributed by atoms with van der Waals surface area (Å²) in [6.45, 7) is 1.38. The Hall–Kier alpha value is -2.21. The first-order valence-electron chi connectivity index (χ1n) is 7.95. The van der Waals surface area contributed by atoms with E-state index in [-0.39, 0.29) is 12.1 Å². The number of nitro groups is 2. The second-order valence-corrected chi connectivity index (χ2v) is 9.51. The van der Waals surface area contributed by atoms with Crippen LogP contribution in [0.3, 0.4) is 0 Å². The second kappa shape index (κ2) is 7.66. The van der Waals surface area contributed by atoms with Gasteiger partial charge in [0.05, 0.1) is 20.1 Å². The van der Waals surface area contributed by atoms with E-state index in [0.29, 0.717) is 16.3 Å². The van der Waals surface area contributed by atoms with Crippen molar-refractivity contribution in [2.45, 2.75) is 17.2 Å². The van der Waals surface area contributed by atoms with Crippen molar-refractivity contribution in [2.24, 2.45) is 0 Å². The second-order valence-electron chi connectivity index (χ2n) is 5.99. The molecule has 12 heteroatoms. The Labute approximate surface area is 169 Å². The molecule has 0 bridgehead atoms. The average Bonchev–Trinajstić information content (AvgIpc) is 3.11. The quantitative estimate of drug-likeness (QED) is 0.506. The number of thioether (sulfide) groups is 1. The van der Waals surface area contributed by atoms with E-state index >= 15 is 0 Å². The van der Waals surface area contributed by atoms with Crippen LogP contribution in [0.1, 0.15) is 16.5 Å². The fourth-order valence-corrected chi connectivity index (χ4v) is 6.42. The third-order valence-electron chi connectivity index (χ3n) is 4.31. The van der Waals surface area contributed by atoms with Gasteiger partial charge in [-0.25, -0.2) is 8.42 Å². The third-order valence-corrected chi connectivity index (χ3v) is 7.78. The van der Waals surface area contributed by atoms with E-state index < -0.39 is 41.5 Å². The molecule has 0 amide bonds. The van der Waals surface area contributed by atoms with Gasteiger partial charge < -0.3 is 0 Å². The Bertz CT molecular complexity index is 1040. The van der Waals surface area contributed by atoms with E-state index in [2.05, 4.69) is 0 Å². The molecule has 1 fully saturated rings. The number of rotatable bonds is 5. The van der Waals surface area contributed by atoms with Crippen molar-refractivity contribution in [1.29, 1.82) is 0 Å². The van der Waals surface area contributed by atoms with Gasteiger partial charge in [-0.2, -0.15) is 4.31 Å². The zero-order valence-electron chi connectivity index (χ0n) is 14.4. The molecule has 1 heterocycles. The molecule has 1 atom stereocenters. The van der Waals surface area contributed by atoms with E-state index in [1.807, 2.05) is 0 Å². The third kappa shape index (κ3) is 3.70. The summed E-state index contributed by atoms with van der Waals surface area (Å²) in [6.07, 6.45) is 0. The number of sulfonamides is 1. The molecule has 9 nitrogen and oxygen atoms in total. The van der Waals surface area contributed by atoms with Gasteiger partial charge in [0.2, 0.25) is 10.0 Å². The fraction of sp³-hybridized carbons (Fsp3) is 0.250. The van der Waals surface area contributed by atoms with Crippen molar-refractivity contribution in [3.8, 4) is 0 Å². The van der Waals surface area contributed by atoms with E-state index in [0.717, 1.165) is 12.1 Å². The fourth-order valence-electron chi connectivity index (χ4n) is 2.95. The molecule has 3 rings (SSSR count). The van der Waals surface area contributed by atoms with Crippen molar-refractivity contribution >= 4 is 44.8 Å². The summed E-state index contributed by atoms with van der Waals surface area (Å²) in [5.74, 6) is 0.506. The van der Waals surface area contributed by atoms with Gasteiger partial charge in [-0.1, -0.05) is 23.7 Å². The number of hydrogen-bond donors (Lipinski definition) is 0. The zero-order valence-corrected chi connectivity index (χ0v) is 16.8. The van der Waals surface area contributed by atoms with E-state index in [1.165, 1.54) is 23.0 Å². The molecule has 0 N–H and O–H groups in total. The maximum Gasteiger partial charge on any atom is 0.280 e.